The molecule has 1 amide bonds. The van der Waals surface area contributed by atoms with Crippen molar-refractivity contribution in [2.45, 2.75) is 19.3 Å². The number of amides is 1. The zero-order valence-corrected chi connectivity index (χ0v) is 6.60. The molecule has 11 heavy (non-hydrogen) atoms. The van der Waals surface area contributed by atoms with Crippen molar-refractivity contribution in [3.63, 3.8) is 0 Å². The number of nitrogens with one attached hydrogen (secondary N) is 1. The number of hydrogen-bond donors (Lipinski definition) is 1. The van der Waals surface area contributed by atoms with Gasteiger partial charge >= 0.3 is 0 Å². The Kier molecular flexibility index (Phi) is 1.82. The van der Waals surface area contributed by atoms with E-state index in [1.54, 1.807) is 0 Å². The van der Waals surface area contributed by atoms with Gasteiger partial charge in [-0.1, -0.05) is 0 Å². The van der Waals surface area contributed by atoms with Gasteiger partial charge in [-0.15, -0.1) is 0 Å². The van der Waals surface area contributed by atoms with Gasteiger partial charge in [0.1, 0.15) is 6.04 Å². The van der Waals surface area contributed by atoms with Gasteiger partial charge in [0.25, 0.3) is 0 Å². The first-order valence-corrected chi connectivity index (χ1v) is 4.27. The molecule has 0 aromatic carbocycles. The third kappa shape index (κ3) is 1.25. The first-order valence-electron chi connectivity index (χ1n) is 4.27. The number of rotatable bonds is 0. The van der Waals surface area contributed by atoms with Crippen LogP contribution in [0.4, 0.5) is 0 Å². The standard InChI is InChI=1S/C8H13N2O/c11-8-7-3-1-2-5-10(7)6-4-9-8/h1-6H2,(H,9,11). The molecule has 2 fully saturated rings. The van der Waals surface area contributed by atoms with Gasteiger partial charge in [-0.2, -0.15) is 0 Å². The molecule has 2 aliphatic heterocycles. The summed E-state index contributed by atoms with van der Waals surface area (Å²) in [7, 11) is 0. The third-order valence-electron chi connectivity index (χ3n) is 2.40. The molecule has 2 rings (SSSR count). The van der Waals surface area contributed by atoms with Crippen molar-refractivity contribution in [1.29, 1.82) is 0 Å². The van der Waals surface area contributed by atoms with Crippen LogP contribution in [0.25, 0.3) is 0 Å². The van der Waals surface area contributed by atoms with E-state index in [4.69, 9.17) is 0 Å². The fraction of sp³-hybridized carbons (Fsp3) is 0.750. The Morgan fingerprint density at radius 2 is 2.18 bits per heavy atom. The zero-order chi connectivity index (χ0) is 7.68. The maximum absolute atomic E-state index is 11.2. The smallest absolute Gasteiger partial charge is 0.243 e. The molecule has 3 heteroatoms. The lowest BCUT2D eigenvalue weighted by molar-refractivity contribution is -0.124. The highest BCUT2D eigenvalue weighted by Gasteiger charge is 2.32. The number of nitrogens with zero attached hydrogens (tertiary/aromatic N) is 1. The summed E-state index contributed by atoms with van der Waals surface area (Å²) in [5.41, 5.74) is 0. The molecule has 2 saturated heterocycles. The molecular formula is C8H13N2O. The van der Waals surface area contributed by atoms with Crippen LogP contribution in [-0.2, 0) is 4.79 Å². The number of fused-ring (bicyclic) bond motifs is 1. The predicted octanol–water partition coefficient (Wildman–Crippen LogP) is 0.134. The third-order valence-corrected chi connectivity index (χ3v) is 2.40. The van der Waals surface area contributed by atoms with Gasteiger partial charge in [0.15, 0.2) is 0 Å². The minimum Gasteiger partial charge on any atom is -0.353 e. The Labute approximate surface area is 66.8 Å². The van der Waals surface area contributed by atoms with Gasteiger partial charge in [-0.05, 0) is 25.8 Å². The van der Waals surface area contributed by atoms with Crippen LogP contribution in [0.5, 0.6) is 0 Å². The molecule has 1 N–H and O–H groups in total. The molecule has 0 aliphatic carbocycles. The summed E-state index contributed by atoms with van der Waals surface area (Å²) in [5, 5.41) is 2.86. The van der Waals surface area contributed by atoms with Gasteiger partial charge in [-0.3, -0.25) is 9.69 Å². The van der Waals surface area contributed by atoms with E-state index in [1.165, 1.54) is 12.8 Å². The molecule has 3 nitrogen and oxygen atoms in total. The Balaban J connectivity index is 2.05. The second kappa shape index (κ2) is 2.81. The molecule has 2 heterocycles. The summed E-state index contributed by atoms with van der Waals surface area (Å²) >= 11 is 0. The number of carbonyl (C=O) groups is 1. The minimum atomic E-state index is 0.163. The van der Waals surface area contributed by atoms with Gasteiger partial charge in [-0.25, -0.2) is 0 Å². The zero-order valence-electron chi connectivity index (χ0n) is 6.60. The second-order valence-electron chi connectivity index (χ2n) is 3.15. The molecular weight excluding hydrogens is 140 g/mol. The average molecular weight is 153 g/mol. The van der Waals surface area contributed by atoms with Crippen LogP contribution in [0.1, 0.15) is 19.3 Å². The predicted molar refractivity (Wildman–Crippen MR) is 41.7 cm³/mol. The molecule has 0 spiro atoms. The van der Waals surface area contributed by atoms with Crippen LogP contribution in [0, 0.1) is 6.04 Å². The van der Waals surface area contributed by atoms with Crippen LogP contribution in [0.2, 0.25) is 0 Å². The van der Waals surface area contributed by atoms with Crippen molar-refractivity contribution >= 4 is 5.91 Å². The van der Waals surface area contributed by atoms with Crippen molar-refractivity contribution in [1.82, 2.24) is 10.2 Å². The van der Waals surface area contributed by atoms with Crippen molar-refractivity contribution in [3.05, 3.63) is 6.04 Å². The number of piperidine rings is 1. The monoisotopic (exact) mass is 153 g/mol. The molecule has 0 aromatic rings. The maximum atomic E-state index is 11.2. The molecule has 2 aliphatic rings. The first kappa shape index (κ1) is 7.10. The quantitative estimate of drug-likeness (QED) is 0.536. The lowest BCUT2D eigenvalue weighted by Gasteiger charge is -2.37. The van der Waals surface area contributed by atoms with Crippen LogP contribution < -0.4 is 5.32 Å². The van der Waals surface area contributed by atoms with E-state index in [0.29, 0.717) is 0 Å². The van der Waals surface area contributed by atoms with Crippen LogP contribution in [0.3, 0.4) is 0 Å². The van der Waals surface area contributed by atoms with Crippen LogP contribution >= 0.6 is 0 Å². The number of piperazine rings is 1. The van der Waals surface area contributed by atoms with E-state index in [-0.39, 0.29) is 5.91 Å². The highest BCUT2D eigenvalue weighted by Crippen LogP contribution is 2.24. The van der Waals surface area contributed by atoms with E-state index in [0.717, 1.165) is 32.1 Å². The summed E-state index contributed by atoms with van der Waals surface area (Å²) in [4.78, 5) is 13.5. The SMILES string of the molecule is O=C1NCCN2CCCC[C]12. The van der Waals surface area contributed by atoms with Crippen molar-refractivity contribution in [2.24, 2.45) is 0 Å². The van der Waals surface area contributed by atoms with Gasteiger partial charge in [0, 0.05) is 13.1 Å². The normalized spacial score (nSPS) is 27.8. The van der Waals surface area contributed by atoms with Crippen molar-refractivity contribution < 1.29 is 4.79 Å². The number of carbonyl (C=O) groups excluding carboxylic acids is 1. The second-order valence-corrected chi connectivity index (χ2v) is 3.15. The molecule has 1 radical (unpaired) electrons. The largest absolute Gasteiger partial charge is 0.353 e. The Morgan fingerprint density at radius 3 is 3.00 bits per heavy atom. The van der Waals surface area contributed by atoms with E-state index in [1.807, 2.05) is 0 Å². The summed E-state index contributed by atoms with van der Waals surface area (Å²) in [6, 6.07) is 1.02. The Morgan fingerprint density at radius 1 is 1.27 bits per heavy atom. The highest BCUT2D eigenvalue weighted by molar-refractivity contribution is 5.90. The number of hydrogen-bond acceptors (Lipinski definition) is 2. The first-order chi connectivity index (χ1) is 5.38. The van der Waals surface area contributed by atoms with Crippen LogP contribution in [0.15, 0.2) is 0 Å². The topological polar surface area (TPSA) is 32.3 Å². The molecule has 0 atom stereocenters. The molecule has 0 aromatic heterocycles. The van der Waals surface area contributed by atoms with E-state index in [2.05, 4.69) is 10.2 Å². The molecule has 0 bridgehead atoms. The van der Waals surface area contributed by atoms with Crippen molar-refractivity contribution in [3.8, 4) is 0 Å². The Bertz CT molecular complexity index is 167. The maximum Gasteiger partial charge on any atom is 0.243 e. The lowest BCUT2D eigenvalue weighted by Crippen LogP contribution is -2.51. The fourth-order valence-electron chi connectivity index (χ4n) is 1.80. The van der Waals surface area contributed by atoms with E-state index >= 15 is 0 Å². The van der Waals surface area contributed by atoms with Gasteiger partial charge in [0.05, 0.1) is 0 Å². The summed E-state index contributed by atoms with van der Waals surface area (Å²) in [6.07, 6.45) is 3.40. The van der Waals surface area contributed by atoms with Gasteiger partial charge < -0.3 is 5.32 Å². The minimum absolute atomic E-state index is 0.163. The fourth-order valence-corrected chi connectivity index (χ4v) is 1.80. The van der Waals surface area contributed by atoms with Crippen molar-refractivity contribution in [2.75, 3.05) is 19.6 Å². The molecule has 0 saturated carbocycles. The van der Waals surface area contributed by atoms with Crippen LogP contribution in [-0.4, -0.2) is 30.4 Å². The average Bonchev–Trinajstić information content (AvgIpc) is 2.06. The van der Waals surface area contributed by atoms with E-state index in [9.17, 15) is 4.79 Å². The Hall–Kier alpha value is -0.570. The molecule has 61 valence electrons. The summed E-state index contributed by atoms with van der Waals surface area (Å²) in [5.74, 6) is 0.163. The molecule has 0 unspecified atom stereocenters. The van der Waals surface area contributed by atoms with E-state index < -0.39 is 0 Å². The van der Waals surface area contributed by atoms with Gasteiger partial charge in [0.2, 0.25) is 5.91 Å². The lowest BCUT2D eigenvalue weighted by atomic mass is 10.00. The summed E-state index contributed by atoms with van der Waals surface area (Å²) in [6.45, 7) is 2.92. The summed E-state index contributed by atoms with van der Waals surface area (Å²) < 4.78 is 0. The highest BCUT2D eigenvalue weighted by atomic mass is 16.2.